The summed E-state index contributed by atoms with van der Waals surface area (Å²) in [6.45, 7) is 2.05. The zero-order chi connectivity index (χ0) is 18.4. The zero-order valence-corrected chi connectivity index (χ0v) is 14.7. The minimum Gasteiger partial charge on any atom is -0.497 e. The fourth-order valence-electron chi connectivity index (χ4n) is 2.29. The van der Waals surface area contributed by atoms with Crippen molar-refractivity contribution in [3.8, 4) is 11.5 Å². The monoisotopic (exact) mass is 345 g/mol. The van der Waals surface area contributed by atoms with Gasteiger partial charge in [-0.25, -0.2) is 4.79 Å². The number of aliphatic imine (C=N–C) groups is 1. The molecule has 0 atom stereocenters. The predicted octanol–water partition coefficient (Wildman–Crippen LogP) is 4.97. The van der Waals surface area contributed by atoms with Crippen LogP contribution in [0.15, 0.2) is 77.8 Å². The van der Waals surface area contributed by atoms with E-state index in [-0.39, 0.29) is 0 Å². The maximum absolute atomic E-state index is 12.1. The van der Waals surface area contributed by atoms with Crippen LogP contribution in [0.2, 0.25) is 0 Å². The molecule has 0 saturated heterocycles. The summed E-state index contributed by atoms with van der Waals surface area (Å²) >= 11 is 0. The van der Waals surface area contributed by atoms with Crippen molar-refractivity contribution < 1.29 is 14.3 Å². The molecule has 26 heavy (non-hydrogen) atoms. The molecule has 0 aliphatic rings. The Kier molecular flexibility index (Phi) is 5.44. The van der Waals surface area contributed by atoms with Crippen molar-refractivity contribution in [3.63, 3.8) is 0 Å². The number of esters is 1. The molecule has 0 aliphatic heterocycles. The lowest BCUT2D eigenvalue weighted by Crippen LogP contribution is -2.08. The third-order valence-electron chi connectivity index (χ3n) is 3.81. The Morgan fingerprint density at radius 2 is 1.46 bits per heavy atom. The van der Waals surface area contributed by atoms with Crippen molar-refractivity contribution in [2.45, 2.75) is 6.92 Å². The number of ether oxygens (including phenoxy) is 2. The van der Waals surface area contributed by atoms with Crippen LogP contribution in [0.1, 0.15) is 21.5 Å². The molecule has 0 heterocycles. The van der Waals surface area contributed by atoms with Gasteiger partial charge in [-0.2, -0.15) is 0 Å². The number of aryl methyl sites for hydroxylation is 1. The number of hydrogen-bond donors (Lipinski definition) is 0. The highest BCUT2D eigenvalue weighted by molar-refractivity contribution is 5.91. The summed E-state index contributed by atoms with van der Waals surface area (Å²) in [4.78, 5) is 16.6. The van der Waals surface area contributed by atoms with Crippen molar-refractivity contribution in [1.82, 2.24) is 0 Å². The number of carbonyl (C=O) groups is 1. The lowest BCUT2D eigenvalue weighted by molar-refractivity contribution is 0.0734. The van der Waals surface area contributed by atoms with E-state index in [1.165, 1.54) is 5.56 Å². The Labute approximate surface area is 152 Å². The molecule has 0 unspecified atom stereocenters. The van der Waals surface area contributed by atoms with E-state index in [0.717, 1.165) is 11.3 Å². The standard InChI is InChI=1S/C22H19NO3/c1-16-3-5-17(6-4-16)15-23-19-9-13-21(14-10-19)26-22(24)18-7-11-20(25-2)12-8-18/h3-15H,1-2H3/b23-15+. The van der Waals surface area contributed by atoms with Crippen LogP contribution in [0.3, 0.4) is 0 Å². The number of hydrogen-bond acceptors (Lipinski definition) is 4. The summed E-state index contributed by atoms with van der Waals surface area (Å²) in [6.07, 6.45) is 1.80. The van der Waals surface area contributed by atoms with E-state index in [9.17, 15) is 4.79 Å². The molecule has 0 spiro atoms. The maximum atomic E-state index is 12.1. The van der Waals surface area contributed by atoms with E-state index in [2.05, 4.69) is 4.99 Å². The Bertz CT molecular complexity index is 896. The number of nitrogens with zero attached hydrogens (tertiary/aromatic N) is 1. The third kappa shape index (κ3) is 4.57. The van der Waals surface area contributed by atoms with Gasteiger partial charge in [-0.15, -0.1) is 0 Å². The second kappa shape index (κ2) is 8.12. The van der Waals surface area contributed by atoms with E-state index in [4.69, 9.17) is 9.47 Å². The molecule has 0 aliphatic carbocycles. The van der Waals surface area contributed by atoms with Gasteiger partial charge in [-0.1, -0.05) is 29.8 Å². The number of carbonyl (C=O) groups excluding carboxylic acids is 1. The highest BCUT2D eigenvalue weighted by atomic mass is 16.5. The highest BCUT2D eigenvalue weighted by Gasteiger charge is 2.08. The molecule has 3 rings (SSSR count). The summed E-state index contributed by atoms with van der Waals surface area (Å²) < 4.78 is 10.4. The molecule has 130 valence electrons. The van der Waals surface area contributed by atoms with E-state index < -0.39 is 5.97 Å². The summed E-state index contributed by atoms with van der Waals surface area (Å²) in [5, 5.41) is 0. The molecule has 0 saturated carbocycles. The Balaban J connectivity index is 1.63. The van der Waals surface area contributed by atoms with E-state index >= 15 is 0 Å². The smallest absolute Gasteiger partial charge is 0.343 e. The van der Waals surface area contributed by atoms with Gasteiger partial charge in [-0.3, -0.25) is 4.99 Å². The highest BCUT2D eigenvalue weighted by Crippen LogP contribution is 2.20. The predicted molar refractivity (Wildman–Crippen MR) is 103 cm³/mol. The molecule has 0 amide bonds. The molecule has 0 aromatic heterocycles. The van der Waals surface area contributed by atoms with Crippen molar-refractivity contribution in [2.24, 2.45) is 4.99 Å². The first kappa shape index (κ1) is 17.4. The van der Waals surface area contributed by atoms with Gasteiger partial charge in [-0.05, 0) is 61.0 Å². The molecule has 0 radical (unpaired) electrons. The lowest BCUT2D eigenvalue weighted by atomic mass is 10.2. The molecule has 0 fully saturated rings. The normalized spacial score (nSPS) is 10.7. The van der Waals surface area contributed by atoms with Crippen LogP contribution < -0.4 is 9.47 Å². The van der Waals surface area contributed by atoms with E-state index in [1.54, 1.807) is 61.9 Å². The van der Waals surface area contributed by atoms with Crippen molar-refractivity contribution >= 4 is 17.9 Å². The van der Waals surface area contributed by atoms with Crippen molar-refractivity contribution in [2.75, 3.05) is 7.11 Å². The van der Waals surface area contributed by atoms with Crippen LogP contribution in [0.5, 0.6) is 11.5 Å². The van der Waals surface area contributed by atoms with Crippen LogP contribution in [-0.4, -0.2) is 19.3 Å². The topological polar surface area (TPSA) is 47.9 Å². The number of benzene rings is 3. The van der Waals surface area contributed by atoms with Gasteiger partial charge in [0.1, 0.15) is 11.5 Å². The first-order valence-corrected chi connectivity index (χ1v) is 8.21. The first-order valence-electron chi connectivity index (χ1n) is 8.21. The first-order chi connectivity index (χ1) is 12.6. The van der Waals surface area contributed by atoms with Gasteiger partial charge in [0.25, 0.3) is 0 Å². The number of rotatable bonds is 5. The van der Waals surface area contributed by atoms with E-state index in [0.29, 0.717) is 17.1 Å². The molecule has 4 heteroatoms. The quantitative estimate of drug-likeness (QED) is 0.372. The molecule has 3 aromatic rings. The molecule has 0 bridgehead atoms. The summed E-state index contributed by atoms with van der Waals surface area (Å²) in [7, 11) is 1.58. The van der Waals surface area contributed by atoms with Crippen LogP contribution in [0, 0.1) is 6.92 Å². The van der Waals surface area contributed by atoms with Gasteiger partial charge in [0.2, 0.25) is 0 Å². The molecular formula is C22H19NO3. The van der Waals surface area contributed by atoms with Crippen LogP contribution in [-0.2, 0) is 0 Å². The largest absolute Gasteiger partial charge is 0.497 e. The Hall–Kier alpha value is -3.40. The lowest BCUT2D eigenvalue weighted by Gasteiger charge is -2.05. The zero-order valence-electron chi connectivity index (χ0n) is 14.7. The van der Waals surface area contributed by atoms with E-state index in [1.807, 2.05) is 31.2 Å². The summed E-state index contributed by atoms with van der Waals surface area (Å²) in [6, 6.07) is 22.0. The van der Waals surface area contributed by atoms with Crippen LogP contribution >= 0.6 is 0 Å². The van der Waals surface area contributed by atoms with Gasteiger partial charge < -0.3 is 9.47 Å². The van der Waals surface area contributed by atoms with Crippen LogP contribution in [0.4, 0.5) is 5.69 Å². The molecule has 3 aromatic carbocycles. The third-order valence-corrected chi connectivity index (χ3v) is 3.81. The summed E-state index contributed by atoms with van der Waals surface area (Å²) in [5.41, 5.74) is 3.50. The SMILES string of the molecule is COc1ccc(C(=O)Oc2ccc(/N=C/c3ccc(C)cc3)cc2)cc1. The number of methoxy groups -OCH3 is 1. The van der Waals surface area contributed by atoms with Gasteiger partial charge in [0, 0.05) is 6.21 Å². The van der Waals surface area contributed by atoms with Gasteiger partial charge in [0.15, 0.2) is 0 Å². The van der Waals surface area contributed by atoms with Crippen molar-refractivity contribution in [1.29, 1.82) is 0 Å². The van der Waals surface area contributed by atoms with Crippen molar-refractivity contribution in [3.05, 3.63) is 89.5 Å². The van der Waals surface area contributed by atoms with Gasteiger partial charge >= 0.3 is 5.97 Å². The average Bonchev–Trinajstić information content (AvgIpc) is 2.68. The minimum absolute atomic E-state index is 0.413. The average molecular weight is 345 g/mol. The second-order valence-electron chi connectivity index (χ2n) is 5.78. The molecular weight excluding hydrogens is 326 g/mol. The Morgan fingerprint density at radius 3 is 2.08 bits per heavy atom. The summed E-state index contributed by atoms with van der Waals surface area (Å²) in [5.74, 6) is 0.751. The van der Waals surface area contributed by atoms with Crippen LogP contribution in [0.25, 0.3) is 0 Å². The Morgan fingerprint density at radius 1 is 0.846 bits per heavy atom. The molecule has 0 N–H and O–H groups in total. The molecule has 4 nitrogen and oxygen atoms in total. The fraction of sp³-hybridized carbons (Fsp3) is 0.0909. The minimum atomic E-state index is -0.413. The fourth-order valence-corrected chi connectivity index (χ4v) is 2.29. The maximum Gasteiger partial charge on any atom is 0.343 e. The van der Waals surface area contributed by atoms with Gasteiger partial charge in [0.05, 0.1) is 18.4 Å². The second-order valence-corrected chi connectivity index (χ2v) is 5.78.